The summed E-state index contributed by atoms with van der Waals surface area (Å²) >= 11 is 1.62. The number of carbonyl (C=O) groups excluding carboxylic acids is 2. The van der Waals surface area contributed by atoms with Crippen molar-refractivity contribution in [3.05, 3.63) is 29.8 Å². The molecular weight excluding hydrogens is 364 g/mol. The Hall–Kier alpha value is -2.02. The molecule has 27 heavy (non-hydrogen) atoms. The number of carboxylic acids is 1. The highest BCUT2D eigenvalue weighted by Crippen LogP contribution is 2.20. The molecule has 0 aromatic heterocycles. The Kier molecular flexibility index (Phi) is 8.16. The Morgan fingerprint density at radius 3 is 2.37 bits per heavy atom. The number of anilines is 1. The minimum atomic E-state index is -0.787. The number of thioether (sulfide) groups is 1. The van der Waals surface area contributed by atoms with Crippen LogP contribution >= 0.6 is 11.8 Å². The number of hydrogen-bond acceptors (Lipinski definition) is 4. The number of hydrogen-bond donors (Lipinski definition) is 2. The number of carbonyl (C=O) groups is 3. The van der Waals surface area contributed by atoms with Gasteiger partial charge in [0.2, 0.25) is 5.91 Å². The third kappa shape index (κ3) is 6.90. The Bertz CT molecular complexity index is 652. The molecule has 0 aliphatic carbocycles. The van der Waals surface area contributed by atoms with Crippen LogP contribution in [-0.4, -0.2) is 52.4 Å². The zero-order valence-electron chi connectivity index (χ0n) is 15.9. The lowest BCUT2D eigenvalue weighted by Gasteiger charge is -2.30. The van der Waals surface area contributed by atoms with Crippen LogP contribution in [0, 0.1) is 11.8 Å². The first-order valence-corrected chi connectivity index (χ1v) is 10.5. The van der Waals surface area contributed by atoms with Crippen molar-refractivity contribution in [2.75, 3.05) is 29.9 Å². The van der Waals surface area contributed by atoms with Gasteiger partial charge in [-0.3, -0.25) is 14.4 Å². The molecule has 0 unspecified atom stereocenters. The third-order valence-electron chi connectivity index (χ3n) is 4.62. The van der Waals surface area contributed by atoms with E-state index in [1.807, 2.05) is 0 Å². The summed E-state index contributed by atoms with van der Waals surface area (Å²) < 4.78 is 0. The Labute approximate surface area is 164 Å². The highest BCUT2D eigenvalue weighted by molar-refractivity contribution is 7.99. The summed E-state index contributed by atoms with van der Waals surface area (Å²) in [5.41, 5.74) is 1.22. The standard InChI is InChI=1S/C20H28N2O4S/c1-14(2)9-12-27-13-18(23)21-17-5-3-15(4-6-17)19(24)22-10-7-16(8-11-22)20(25)26/h3-6,14,16H,7-13H2,1-2H3,(H,21,23)(H,25,26). The SMILES string of the molecule is CC(C)CCSCC(=O)Nc1ccc(C(=O)N2CCC(C(=O)O)CC2)cc1. The fourth-order valence-corrected chi connectivity index (χ4v) is 3.93. The molecule has 1 fully saturated rings. The van der Waals surface area contributed by atoms with Gasteiger partial charge in [0, 0.05) is 24.3 Å². The number of carboxylic acid groups (broad SMARTS) is 1. The average Bonchev–Trinajstić information content (AvgIpc) is 2.65. The zero-order chi connectivity index (χ0) is 19.8. The van der Waals surface area contributed by atoms with Gasteiger partial charge in [0.15, 0.2) is 0 Å². The summed E-state index contributed by atoms with van der Waals surface area (Å²) in [7, 11) is 0. The fraction of sp³-hybridized carbons (Fsp3) is 0.550. The summed E-state index contributed by atoms with van der Waals surface area (Å²) in [5, 5.41) is 11.9. The second-order valence-corrected chi connectivity index (χ2v) is 8.37. The van der Waals surface area contributed by atoms with Crippen molar-refractivity contribution in [3.63, 3.8) is 0 Å². The van der Waals surface area contributed by atoms with Crippen LogP contribution in [0.25, 0.3) is 0 Å². The molecule has 0 spiro atoms. The van der Waals surface area contributed by atoms with Gasteiger partial charge in [-0.1, -0.05) is 13.8 Å². The van der Waals surface area contributed by atoms with E-state index in [9.17, 15) is 14.4 Å². The molecule has 0 atom stereocenters. The lowest BCUT2D eigenvalue weighted by molar-refractivity contribution is -0.143. The van der Waals surface area contributed by atoms with Crippen molar-refractivity contribution < 1.29 is 19.5 Å². The number of nitrogens with one attached hydrogen (secondary N) is 1. The van der Waals surface area contributed by atoms with E-state index in [2.05, 4.69) is 19.2 Å². The molecule has 0 bridgehead atoms. The molecule has 2 rings (SSSR count). The molecule has 0 saturated carbocycles. The van der Waals surface area contributed by atoms with E-state index in [4.69, 9.17) is 5.11 Å². The smallest absolute Gasteiger partial charge is 0.306 e. The van der Waals surface area contributed by atoms with Gasteiger partial charge in [-0.2, -0.15) is 11.8 Å². The molecule has 1 aliphatic rings. The topological polar surface area (TPSA) is 86.7 Å². The van der Waals surface area contributed by atoms with Gasteiger partial charge in [-0.25, -0.2) is 0 Å². The van der Waals surface area contributed by atoms with E-state index in [1.165, 1.54) is 0 Å². The second kappa shape index (κ2) is 10.3. The molecule has 1 heterocycles. The van der Waals surface area contributed by atoms with E-state index in [0.717, 1.165) is 12.2 Å². The van der Waals surface area contributed by atoms with Crippen molar-refractivity contribution in [1.82, 2.24) is 4.90 Å². The molecule has 148 valence electrons. The molecule has 0 radical (unpaired) electrons. The van der Waals surface area contributed by atoms with Crippen molar-refractivity contribution in [3.8, 4) is 0 Å². The summed E-state index contributed by atoms with van der Waals surface area (Å²) in [4.78, 5) is 37.2. The Balaban J connectivity index is 1.80. The molecule has 2 amide bonds. The monoisotopic (exact) mass is 392 g/mol. The Morgan fingerprint density at radius 1 is 1.19 bits per heavy atom. The first-order valence-electron chi connectivity index (χ1n) is 9.36. The maximum Gasteiger partial charge on any atom is 0.306 e. The largest absolute Gasteiger partial charge is 0.481 e. The van der Waals surface area contributed by atoms with Crippen LogP contribution in [-0.2, 0) is 9.59 Å². The van der Waals surface area contributed by atoms with E-state index in [-0.39, 0.29) is 17.7 Å². The maximum atomic E-state index is 12.5. The van der Waals surface area contributed by atoms with Gasteiger partial charge in [0.05, 0.1) is 11.7 Å². The number of rotatable bonds is 8. The number of benzene rings is 1. The molecular formula is C20H28N2O4S. The number of nitrogens with zero attached hydrogens (tertiary/aromatic N) is 1. The number of likely N-dealkylation sites (tertiary alicyclic amines) is 1. The number of piperidine rings is 1. The van der Waals surface area contributed by atoms with Crippen LogP contribution in [0.15, 0.2) is 24.3 Å². The van der Waals surface area contributed by atoms with E-state index in [1.54, 1.807) is 40.9 Å². The van der Waals surface area contributed by atoms with E-state index in [0.29, 0.717) is 48.9 Å². The summed E-state index contributed by atoms with van der Waals surface area (Å²) in [6, 6.07) is 6.86. The zero-order valence-corrected chi connectivity index (χ0v) is 16.8. The third-order valence-corrected chi connectivity index (χ3v) is 5.61. The van der Waals surface area contributed by atoms with Crippen LogP contribution in [0.4, 0.5) is 5.69 Å². The molecule has 7 heteroatoms. The number of aliphatic carboxylic acids is 1. The predicted octanol–water partition coefficient (Wildman–Crippen LogP) is 3.34. The Morgan fingerprint density at radius 2 is 1.81 bits per heavy atom. The highest BCUT2D eigenvalue weighted by Gasteiger charge is 2.27. The molecule has 1 saturated heterocycles. The van der Waals surface area contributed by atoms with E-state index >= 15 is 0 Å². The van der Waals surface area contributed by atoms with E-state index < -0.39 is 5.97 Å². The lowest BCUT2D eigenvalue weighted by atomic mass is 9.96. The first kappa shape index (κ1) is 21.3. The van der Waals surface area contributed by atoms with Crippen LogP contribution < -0.4 is 5.32 Å². The summed E-state index contributed by atoms with van der Waals surface area (Å²) in [5.74, 6) is 0.748. The van der Waals surface area contributed by atoms with Crippen molar-refractivity contribution in [2.24, 2.45) is 11.8 Å². The predicted molar refractivity (Wildman–Crippen MR) is 108 cm³/mol. The average molecular weight is 393 g/mol. The minimum absolute atomic E-state index is 0.0430. The first-order chi connectivity index (χ1) is 12.9. The van der Waals surface area contributed by atoms with Crippen LogP contribution in [0.3, 0.4) is 0 Å². The van der Waals surface area contributed by atoms with Gasteiger partial charge in [-0.15, -0.1) is 0 Å². The van der Waals surface area contributed by atoms with Crippen molar-refractivity contribution in [2.45, 2.75) is 33.1 Å². The van der Waals surface area contributed by atoms with Crippen LogP contribution in [0.1, 0.15) is 43.5 Å². The van der Waals surface area contributed by atoms with Gasteiger partial charge < -0.3 is 15.3 Å². The van der Waals surface area contributed by atoms with Gasteiger partial charge >= 0.3 is 5.97 Å². The van der Waals surface area contributed by atoms with Crippen LogP contribution in [0.5, 0.6) is 0 Å². The van der Waals surface area contributed by atoms with Gasteiger partial charge in [0.1, 0.15) is 0 Å². The quantitative estimate of drug-likeness (QED) is 0.663. The molecule has 1 aromatic rings. The second-order valence-electron chi connectivity index (χ2n) is 7.27. The van der Waals surface area contributed by atoms with Crippen molar-refractivity contribution in [1.29, 1.82) is 0 Å². The highest BCUT2D eigenvalue weighted by atomic mass is 32.2. The minimum Gasteiger partial charge on any atom is -0.481 e. The normalized spacial score (nSPS) is 15.0. The molecule has 6 nitrogen and oxygen atoms in total. The van der Waals surface area contributed by atoms with Crippen LogP contribution in [0.2, 0.25) is 0 Å². The summed E-state index contributed by atoms with van der Waals surface area (Å²) in [6.07, 6.45) is 2.08. The molecule has 2 N–H and O–H groups in total. The van der Waals surface area contributed by atoms with Gasteiger partial charge in [-0.05, 0) is 55.2 Å². The number of amides is 2. The summed E-state index contributed by atoms with van der Waals surface area (Å²) in [6.45, 7) is 5.25. The lowest BCUT2D eigenvalue weighted by Crippen LogP contribution is -2.40. The maximum absolute atomic E-state index is 12.5. The fourth-order valence-electron chi connectivity index (χ4n) is 2.89. The van der Waals surface area contributed by atoms with Crippen molar-refractivity contribution >= 4 is 35.2 Å². The molecule has 1 aliphatic heterocycles. The molecule has 1 aromatic carbocycles. The van der Waals surface area contributed by atoms with Gasteiger partial charge in [0.25, 0.3) is 5.91 Å².